The van der Waals surface area contributed by atoms with Crippen LogP contribution < -0.4 is 14.8 Å². The van der Waals surface area contributed by atoms with Crippen LogP contribution in [0, 0.1) is 0 Å². The van der Waals surface area contributed by atoms with E-state index in [0.29, 0.717) is 6.61 Å². The molecule has 1 aromatic carbocycles. The van der Waals surface area contributed by atoms with Crippen molar-refractivity contribution in [3.05, 3.63) is 23.8 Å². The number of methoxy groups -OCH3 is 2. The van der Waals surface area contributed by atoms with Crippen molar-refractivity contribution in [3.8, 4) is 11.5 Å². The molecular weight excluding hydrogens is 242 g/mol. The van der Waals surface area contributed by atoms with Gasteiger partial charge in [-0.1, -0.05) is 13.0 Å². The van der Waals surface area contributed by atoms with E-state index < -0.39 is 0 Å². The lowest BCUT2D eigenvalue weighted by Crippen LogP contribution is -2.20. The summed E-state index contributed by atoms with van der Waals surface area (Å²) in [4.78, 5) is 0. The summed E-state index contributed by atoms with van der Waals surface area (Å²) in [6.07, 6.45) is 1.13. The Bertz CT molecular complexity index is 368. The number of rotatable bonds is 9. The normalized spacial score (nSPS) is 12.2. The van der Waals surface area contributed by atoms with Gasteiger partial charge in [0.2, 0.25) is 0 Å². The van der Waals surface area contributed by atoms with E-state index >= 15 is 0 Å². The molecule has 1 unspecified atom stereocenters. The van der Waals surface area contributed by atoms with Crippen LogP contribution in [0.15, 0.2) is 18.2 Å². The second-order valence-corrected chi connectivity index (χ2v) is 4.53. The van der Waals surface area contributed by atoms with Gasteiger partial charge in [-0.3, -0.25) is 0 Å². The van der Waals surface area contributed by atoms with E-state index in [1.807, 2.05) is 25.1 Å². The van der Waals surface area contributed by atoms with Gasteiger partial charge in [-0.15, -0.1) is 0 Å². The number of benzene rings is 1. The molecule has 1 aromatic rings. The Balaban J connectivity index is 2.76. The molecule has 0 bridgehead atoms. The fourth-order valence-electron chi connectivity index (χ4n) is 1.80. The van der Waals surface area contributed by atoms with Gasteiger partial charge in [0.15, 0.2) is 0 Å². The van der Waals surface area contributed by atoms with Crippen molar-refractivity contribution in [1.29, 1.82) is 0 Å². The summed E-state index contributed by atoms with van der Waals surface area (Å²) in [5, 5.41) is 3.38. The number of ether oxygens (including phenoxy) is 3. The molecule has 0 amide bonds. The summed E-state index contributed by atoms with van der Waals surface area (Å²) in [5.74, 6) is 1.66. The SMILES string of the molecule is CCCNCc1ccc(OC)cc1OC(C)COC. The van der Waals surface area contributed by atoms with Gasteiger partial charge in [-0.05, 0) is 26.0 Å². The second-order valence-electron chi connectivity index (χ2n) is 4.53. The van der Waals surface area contributed by atoms with E-state index in [9.17, 15) is 0 Å². The molecular formula is C15H25NO3. The Morgan fingerprint density at radius 1 is 1.26 bits per heavy atom. The third-order valence-corrected chi connectivity index (χ3v) is 2.75. The van der Waals surface area contributed by atoms with Crippen molar-refractivity contribution in [2.45, 2.75) is 32.9 Å². The summed E-state index contributed by atoms with van der Waals surface area (Å²) in [7, 11) is 3.34. The minimum absolute atomic E-state index is 0.0158. The minimum Gasteiger partial charge on any atom is -0.497 e. The van der Waals surface area contributed by atoms with Gasteiger partial charge < -0.3 is 19.5 Å². The lowest BCUT2D eigenvalue weighted by Gasteiger charge is -2.18. The van der Waals surface area contributed by atoms with Gasteiger partial charge in [0, 0.05) is 25.3 Å². The Hall–Kier alpha value is -1.26. The van der Waals surface area contributed by atoms with Crippen molar-refractivity contribution in [1.82, 2.24) is 5.32 Å². The van der Waals surface area contributed by atoms with Crippen LogP contribution >= 0.6 is 0 Å². The molecule has 4 heteroatoms. The van der Waals surface area contributed by atoms with Crippen molar-refractivity contribution in [2.75, 3.05) is 27.4 Å². The van der Waals surface area contributed by atoms with Crippen molar-refractivity contribution >= 4 is 0 Å². The molecule has 4 nitrogen and oxygen atoms in total. The molecule has 1 atom stereocenters. The molecule has 0 fully saturated rings. The molecule has 1 rings (SSSR count). The van der Waals surface area contributed by atoms with Crippen LogP contribution in [0.5, 0.6) is 11.5 Å². The largest absolute Gasteiger partial charge is 0.497 e. The van der Waals surface area contributed by atoms with Crippen molar-refractivity contribution in [2.24, 2.45) is 0 Å². The third kappa shape index (κ3) is 5.49. The van der Waals surface area contributed by atoms with Gasteiger partial charge in [0.05, 0.1) is 13.7 Å². The summed E-state index contributed by atoms with van der Waals surface area (Å²) >= 11 is 0. The van der Waals surface area contributed by atoms with Crippen LogP contribution in [0.1, 0.15) is 25.8 Å². The van der Waals surface area contributed by atoms with Gasteiger partial charge >= 0.3 is 0 Å². The highest BCUT2D eigenvalue weighted by atomic mass is 16.5. The van der Waals surface area contributed by atoms with Crippen LogP contribution in [0.2, 0.25) is 0 Å². The zero-order valence-corrected chi connectivity index (χ0v) is 12.4. The molecule has 19 heavy (non-hydrogen) atoms. The molecule has 108 valence electrons. The first kappa shape index (κ1) is 15.8. The molecule has 0 aliphatic heterocycles. The average Bonchev–Trinajstić information content (AvgIpc) is 2.40. The van der Waals surface area contributed by atoms with E-state index in [2.05, 4.69) is 12.2 Å². The van der Waals surface area contributed by atoms with E-state index in [4.69, 9.17) is 14.2 Å². The van der Waals surface area contributed by atoms with E-state index in [0.717, 1.165) is 36.6 Å². The Morgan fingerprint density at radius 2 is 2.05 bits per heavy atom. The van der Waals surface area contributed by atoms with Crippen LogP contribution in [-0.4, -0.2) is 33.5 Å². The van der Waals surface area contributed by atoms with Crippen LogP contribution in [0.25, 0.3) is 0 Å². The first-order valence-corrected chi connectivity index (χ1v) is 6.74. The van der Waals surface area contributed by atoms with Crippen LogP contribution in [0.4, 0.5) is 0 Å². The monoisotopic (exact) mass is 267 g/mol. The summed E-state index contributed by atoms with van der Waals surface area (Å²) in [6, 6.07) is 5.92. The Morgan fingerprint density at radius 3 is 2.68 bits per heavy atom. The first-order chi connectivity index (χ1) is 9.21. The maximum absolute atomic E-state index is 5.91. The third-order valence-electron chi connectivity index (χ3n) is 2.75. The summed E-state index contributed by atoms with van der Waals surface area (Å²) < 4.78 is 16.3. The first-order valence-electron chi connectivity index (χ1n) is 6.74. The Labute approximate surface area is 116 Å². The van der Waals surface area contributed by atoms with Gasteiger partial charge in [-0.25, -0.2) is 0 Å². The standard InChI is InChI=1S/C15H25NO3/c1-5-8-16-10-13-6-7-14(18-4)9-15(13)19-12(2)11-17-3/h6-7,9,12,16H,5,8,10-11H2,1-4H3. The van der Waals surface area contributed by atoms with Crippen molar-refractivity contribution < 1.29 is 14.2 Å². The highest BCUT2D eigenvalue weighted by molar-refractivity contribution is 5.40. The fourth-order valence-corrected chi connectivity index (χ4v) is 1.80. The zero-order valence-electron chi connectivity index (χ0n) is 12.4. The predicted octanol–water partition coefficient (Wildman–Crippen LogP) is 2.61. The molecule has 0 heterocycles. The summed E-state index contributed by atoms with van der Waals surface area (Å²) in [5.41, 5.74) is 1.14. The molecule has 0 radical (unpaired) electrons. The molecule has 1 N–H and O–H groups in total. The van der Waals surface area contributed by atoms with Crippen LogP contribution in [0.3, 0.4) is 0 Å². The molecule has 0 aliphatic rings. The average molecular weight is 267 g/mol. The van der Waals surface area contributed by atoms with Gasteiger partial charge in [-0.2, -0.15) is 0 Å². The predicted molar refractivity (Wildman–Crippen MR) is 77.0 cm³/mol. The van der Waals surface area contributed by atoms with Crippen molar-refractivity contribution in [3.63, 3.8) is 0 Å². The summed E-state index contributed by atoms with van der Waals surface area (Å²) in [6.45, 7) is 6.51. The van der Waals surface area contributed by atoms with Gasteiger partial charge in [0.1, 0.15) is 17.6 Å². The fraction of sp³-hybridized carbons (Fsp3) is 0.600. The second kappa shape index (κ2) is 8.77. The highest BCUT2D eigenvalue weighted by Gasteiger charge is 2.09. The van der Waals surface area contributed by atoms with Crippen LogP contribution in [-0.2, 0) is 11.3 Å². The van der Waals surface area contributed by atoms with E-state index in [1.54, 1.807) is 14.2 Å². The number of hydrogen-bond acceptors (Lipinski definition) is 4. The zero-order chi connectivity index (χ0) is 14.1. The maximum Gasteiger partial charge on any atom is 0.128 e. The quantitative estimate of drug-likeness (QED) is 0.698. The molecule has 0 aliphatic carbocycles. The van der Waals surface area contributed by atoms with Gasteiger partial charge in [0.25, 0.3) is 0 Å². The topological polar surface area (TPSA) is 39.7 Å². The van der Waals surface area contributed by atoms with E-state index in [-0.39, 0.29) is 6.10 Å². The Kier molecular flexibility index (Phi) is 7.30. The number of nitrogens with one attached hydrogen (secondary N) is 1. The molecule has 0 saturated carbocycles. The molecule has 0 spiro atoms. The lowest BCUT2D eigenvalue weighted by atomic mass is 10.2. The minimum atomic E-state index is 0.0158. The smallest absolute Gasteiger partial charge is 0.128 e. The lowest BCUT2D eigenvalue weighted by molar-refractivity contribution is 0.0911. The highest BCUT2D eigenvalue weighted by Crippen LogP contribution is 2.25. The molecule has 0 saturated heterocycles. The van der Waals surface area contributed by atoms with E-state index in [1.165, 1.54) is 0 Å². The molecule has 0 aromatic heterocycles. The number of hydrogen-bond donors (Lipinski definition) is 1. The maximum atomic E-state index is 5.91.